The maximum atomic E-state index is 5.15. The molecule has 0 bridgehead atoms. The summed E-state index contributed by atoms with van der Waals surface area (Å²) in [5, 5.41) is 9.09. The van der Waals surface area contributed by atoms with Crippen LogP contribution in [0, 0.1) is 0 Å². The summed E-state index contributed by atoms with van der Waals surface area (Å²) in [4.78, 5) is 26.1. The van der Waals surface area contributed by atoms with E-state index >= 15 is 0 Å². The summed E-state index contributed by atoms with van der Waals surface area (Å²) in [6, 6.07) is 32.7. The standard InChI is InChI=1S/C38H27N11/c1-3-9-24(10-4-1)47-19-28(30(21-47)43-32-13-7-17-39-32)34-26-15-16-27-35(46-38-42-23-41-37(45-34)49(38)36(26)27)29-20-48(25-11-5-2-6-12-25)22-31(29)44-33-14-8-18-40-33/h1-23,39-40,43-44H. The van der Waals surface area contributed by atoms with Crippen LogP contribution < -0.4 is 10.6 Å². The largest absolute Gasteiger partial charge is 0.348 e. The van der Waals surface area contributed by atoms with Crippen LogP contribution in [0.1, 0.15) is 0 Å². The van der Waals surface area contributed by atoms with E-state index in [1.165, 1.54) is 6.33 Å². The van der Waals surface area contributed by atoms with E-state index in [-0.39, 0.29) is 0 Å². The van der Waals surface area contributed by atoms with Crippen molar-refractivity contribution in [2.45, 2.75) is 0 Å². The van der Waals surface area contributed by atoms with Gasteiger partial charge in [0.05, 0.1) is 28.3 Å². The number of nitrogens with zero attached hydrogens (tertiary/aromatic N) is 7. The fourth-order valence-corrected chi connectivity index (χ4v) is 6.61. The Kier molecular flexibility index (Phi) is 5.90. The lowest BCUT2D eigenvalue weighted by Crippen LogP contribution is -2.06. The molecular formula is C38H27N11. The Labute approximate surface area is 278 Å². The van der Waals surface area contributed by atoms with Crippen molar-refractivity contribution in [1.82, 2.24) is 43.4 Å². The van der Waals surface area contributed by atoms with Gasteiger partial charge in [0.25, 0.3) is 0 Å². The highest BCUT2D eigenvalue weighted by molar-refractivity contribution is 6.12. The lowest BCUT2D eigenvalue weighted by Gasteiger charge is -2.14. The maximum Gasteiger partial charge on any atom is 0.239 e. The summed E-state index contributed by atoms with van der Waals surface area (Å²) in [5.41, 5.74) is 8.35. The van der Waals surface area contributed by atoms with Crippen molar-refractivity contribution >= 4 is 50.9 Å². The van der Waals surface area contributed by atoms with Crippen molar-refractivity contribution in [3.05, 3.63) is 141 Å². The molecule has 234 valence electrons. The molecule has 0 amide bonds. The summed E-state index contributed by atoms with van der Waals surface area (Å²) in [6.07, 6.45) is 13.8. The van der Waals surface area contributed by atoms with Gasteiger partial charge in [0.15, 0.2) is 0 Å². The molecule has 11 heteroatoms. The SMILES string of the molecule is c1ccc(-n2cc(Nc3ccc[nH]3)c(-c3nc4ncnc5nc(-c6cn(-c7ccccc7)cc6Nc6ccc[nH]6)c6ccc3c6n45)c2)cc1. The first-order valence-corrected chi connectivity index (χ1v) is 15.9. The van der Waals surface area contributed by atoms with Gasteiger partial charge in [-0.3, -0.25) is 0 Å². The molecule has 0 saturated carbocycles. The van der Waals surface area contributed by atoms with Crippen molar-refractivity contribution in [3.63, 3.8) is 0 Å². The van der Waals surface area contributed by atoms with Gasteiger partial charge in [0, 0.05) is 70.5 Å². The average Bonchev–Trinajstić information content (AvgIpc) is 4.00. The number of rotatable bonds is 8. The van der Waals surface area contributed by atoms with E-state index in [0.717, 1.165) is 73.2 Å². The van der Waals surface area contributed by atoms with Crippen LogP contribution in [0.3, 0.4) is 0 Å². The van der Waals surface area contributed by atoms with Crippen molar-refractivity contribution in [3.8, 4) is 33.9 Å². The van der Waals surface area contributed by atoms with Gasteiger partial charge >= 0.3 is 0 Å². The Morgan fingerprint density at radius 3 is 1.45 bits per heavy atom. The Morgan fingerprint density at radius 2 is 1.00 bits per heavy atom. The smallest absolute Gasteiger partial charge is 0.239 e. The number of aromatic amines is 2. The molecule has 7 aromatic heterocycles. The van der Waals surface area contributed by atoms with Crippen LogP contribution in [0.2, 0.25) is 0 Å². The number of anilines is 4. The van der Waals surface area contributed by atoms with Crippen LogP contribution in [-0.4, -0.2) is 43.4 Å². The van der Waals surface area contributed by atoms with Crippen molar-refractivity contribution < 1.29 is 0 Å². The molecule has 3 aromatic carbocycles. The molecule has 0 fully saturated rings. The highest BCUT2D eigenvalue weighted by Gasteiger charge is 2.24. The third kappa shape index (κ3) is 4.44. The van der Waals surface area contributed by atoms with Gasteiger partial charge in [-0.05, 0) is 60.7 Å². The molecule has 4 N–H and O–H groups in total. The van der Waals surface area contributed by atoms with Gasteiger partial charge in [-0.15, -0.1) is 0 Å². The van der Waals surface area contributed by atoms with Crippen molar-refractivity contribution in [1.29, 1.82) is 0 Å². The number of H-pyrrole nitrogens is 2. The number of hydrogen-bond donors (Lipinski definition) is 4. The molecule has 10 aromatic rings. The molecule has 0 aliphatic carbocycles. The first-order chi connectivity index (χ1) is 24.3. The first-order valence-electron chi connectivity index (χ1n) is 15.9. The summed E-state index contributed by atoms with van der Waals surface area (Å²) in [5.74, 6) is 2.80. The predicted octanol–water partition coefficient (Wildman–Crippen LogP) is 8.32. The van der Waals surface area contributed by atoms with Gasteiger partial charge < -0.3 is 29.7 Å². The van der Waals surface area contributed by atoms with E-state index in [2.05, 4.69) is 101 Å². The van der Waals surface area contributed by atoms with E-state index in [4.69, 9.17) is 9.97 Å². The highest BCUT2D eigenvalue weighted by Crippen LogP contribution is 2.42. The minimum Gasteiger partial charge on any atom is -0.348 e. The van der Waals surface area contributed by atoms with Crippen LogP contribution >= 0.6 is 0 Å². The van der Waals surface area contributed by atoms with E-state index in [0.29, 0.717) is 11.6 Å². The number of aromatic nitrogens is 9. The fourth-order valence-electron chi connectivity index (χ4n) is 6.61. The average molecular weight is 638 g/mol. The zero-order valence-corrected chi connectivity index (χ0v) is 25.9. The summed E-state index contributed by atoms with van der Waals surface area (Å²) >= 11 is 0. The third-order valence-corrected chi connectivity index (χ3v) is 8.84. The quantitative estimate of drug-likeness (QED) is 0.133. The second-order valence-corrected chi connectivity index (χ2v) is 11.8. The second kappa shape index (κ2) is 10.7. The van der Waals surface area contributed by atoms with Crippen molar-refractivity contribution in [2.75, 3.05) is 10.6 Å². The summed E-state index contributed by atoms with van der Waals surface area (Å²) in [6.45, 7) is 0. The molecular weight excluding hydrogens is 610 g/mol. The molecule has 0 saturated heterocycles. The van der Waals surface area contributed by atoms with Gasteiger partial charge in [-0.1, -0.05) is 36.4 Å². The molecule has 11 nitrogen and oxygen atoms in total. The third-order valence-electron chi connectivity index (χ3n) is 8.84. The zero-order valence-electron chi connectivity index (χ0n) is 25.9. The van der Waals surface area contributed by atoms with Crippen LogP contribution in [0.25, 0.3) is 61.7 Å². The van der Waals surface area contributed by atoms with E-state index in [1.54, 1.807) is 0 Å². The normalized spacial score (nSPS) is 11.7. The Bertz CT molecular complexity index is 2520. The van der Waals surface area contributed by atoms with Gasteiger partial charge in [-0.2, -0.15) is 0 Å². The minimum absolute atomic E-state index is 0.521. The summed E-state index contributed by atoms with van der Waals surface area (Å²) < 4.78 is 6.19. The predicted molar refractivity (Wildman–Crippen MR) is 192 cm³/mol. The fraction of sp³-hybridized carbons (Fsp3) is 0. The van der Waals surface area contributed by atoms with E-state index < -0.39 is 0 Å². The second-order valence-electron chi connectivity index (χ2n) is 11.8. The molecule has 0 spiro atoms. The molecule has 49 heavy (non-hydrogen) atoms. The maximum absolute atomic E-state index is 5.15. The van der Waals surface area contributed by atoms with E-state index in [1.807, 2.05) is 77.5 Å². The van der Waals surface area contributed by atoms with E-state index in [9.17, 15) is 0 Å². The number of benzene rings is 2. The van der Waals surface area contributed by atoms with Crippen LogP contribution in [0.5, 0.6) is 0 Å². The van der Waals surface area contributed by atoms with Crippen LogP contribution in [0.15, 0.2) is 141 Å². The van der Waals surface area contributed by atoms with Crippen LogP contribution in [0.4, 0.5) is 23.0 Å². The van der Waals surface area contributed by atoms with Gasteiger partial charge in [-0.25, -0.2) is 24.3 Å². The molecule has 0 aliphatic heterocycles. The van der Waals surface area contributed by atoms with Crippen molar-refractivity contribution in [2.24, 2.45) is 0 Å². The monoisotopic (exact) mass is 637 g/mol. The number of nitrogens with one attached hydrogen (secondary N) is 4. The molecule has 10 rings (SSSR count). The Balaban J connectivity index is 1.21. The molecule has 0 aliphatic rings. The molecule has 0 atom stereocenters. The summed E-state index contributed by atoms with van der Waals surface area (Å²) in [7, 11) is 0. The van der Waals surface area contributed by atoms with Gasteiger partial charge in [0.2, 0.25) is 11.6 Å². The van der Waals surface area contributed by atoms with Crippen LogP contribution in [-0.2, 0) is 0 Å². The lowest BCUT2D eigenvalue weighted by molar-refractivity contribution is 1.02. The number of para-hydroxylation sites is 2. The molecule has 7 heterocycles. The Hall–Kier alpha value is -7.14. The number of hydrogen-bond acceptors (Lipinski definition) is 6. The lowest BCUT2D eigenvalue weighted by atomic mass is 10.1. The highest BCUT2D eigenvalue weighted by atomic mass is 15.2. The van der Waals surface area contributed by atoms with Gasteiger partial charge in [0.1, 0.15) is 18.0 Å². The first kappa shape index (κ1) is 27.0. The topological polar surface area (TPSA) is 121 Å². The molecule has 0 unspecified atom stereocenters. The molecule has 0 radical (unpaired) electrons. The minimum atomic E-state index is 0.521. The Morgan fingerprint density at radius 1 is 0.510 bits per heavy atom. The zero-order chi connectivity index (χ0) is 32.3.